The predicted octanol–water partition coefficient (Wildman–Crippen LogP) is -0.215. The van der Waals surface area contributed by atoms with E-state index < -0.39 is 0 Å². The van der Waals surface area contributed by atoms with E-state index in [9.17, 15) is 4.79 Å². The smallest absolute Gasteiger partial charge is 0.249 e. The van der Waals surface area contributed by atoms with Crippen molar-refractivity contribution in [2.45, 2.75) is 0 Å². The number of nitrogens with one attached hydrogen (secondary N) is 1. The molecule has 0 fully saturated rings. The minimum Gasteiger partial charge on any atom is -0.323 e. The number of hydrogen-bond acceptors (Lipinski definition) is 2. The maximum atomic E-state index is 10.7. The lowest BCUT2D eigenvalue weighted by Crippen LogP contribution is -2.76. The molecule has 60 valence electrons. The molecule has 0 aliphatic carbocycles. The molecule has 11 heavy (non-hydrogen) atoms. The van der Waals surface area contributed by atoms with Gasteiger partial charge in [-0.05, 0) is 0 Å². The molecule has 0 unspecified atom stereocenters. The molecule has 0 aliphatic rings. The second-order valence-corrected chi connectivity index (χ2v) is 2.36. The van der Waals surface area contributed by atoms with Crippen LogP contribution in [-0.2, 0) is 4.84 Å². The van der Waals surface area contributed by atoms with E-state index in [0.717, 1.165) is 0 Å². The van der Waals surface area contributed by atoms with Gasteiger partial charge in [0.25, 0.3) is 0 Å². The van der Waals surface area contributed by atoms with Gasteiger partial charge in [-0.1, -0.05) is 11.6 Å². The standard InChI is InChI=1S/C6H7ClN2O2/c1-11-9-5-3-8-6(10)2-4(5)7/h2-3,9H,1H3,(H,8,10)/p+1. The van der Waals surface area contributed by atoms with Gasteiger partial charge in [0.2, 0.25) is 5.56 Å². The molecule has 0 bridgehead atoms. The summed E-state index contributed by atoms with van der Waals surface area (Å²) in [6.07, 6.45) is 1.49. The summed E-state index contributed by atoms with van der Waals surface area (Å²) in [5.41, 5.74) is 1.90. The van der Waals surface area contributed by atoms with Gasteiger partial charge in [0.15, 0.2) is 5.69 Å². The molecule has 0 amide bonds. The number of nitrogens with two attached hydrogens (primary N) is 1. The number of H-pyrrole nitrogens is 1. The highest BCUT2D eigenvalue weighted by Crippen LogP contribution is 2.11. The highest BCUT2D eigenvalue weighted by Gasteiger charge is 2.03. The van der Waals surface area contributed by atoms with Crippen LogP contribution in [-0.4, -0.2) is 12.1 Å². The Labute approximate surface area is 68.1 Å². The van der Waals surface area contributed by atoms with Gasteiger partial charge in [0.1, 0.15) is 5.02 Å². The zero-order valence-corrected chi connectivity index (χ0v) is 6.68. The number of aromatic amines is 1. The highest BCUT2D eigenvalue weighted by molar-refractivity contribution is 6.32. The Morgan fingerprint density at radius 1 is 1.73 bits per heavy atom. The number of aromatic nitrogens is 1. The maximum Gasteiger partial charge on any atom is 0.249 e. The second kappa shape index (κ2) is 3.52. The van der Waals surface area contributed by atoms with E-state index in [2.05, 4.69) is 4.98 Å². The Morgan fingerprint density at radius 3 is 3.00 bits per heavy atom. The van der Waals surface area contributed by atoms with E-state index in [1.165, 1.54) is 24.9 Å². The van der Waals surface area contributed by atoms with Crippen molar-refractivity contribution in [3.63, 3.8) is 0 Å². The van der Waals surface area contributed by atoms with E-state index in [-0.39, 0.29) is 5.56 Å². The summed E-state index contributed by atoms with van der Waals surface area (Å²) < 4.78 is 0. The summed E-state index contributed by atoms with van der Waals surface area (Å²) >= 11 is 5.68. The van der Waals surface area contributed by atoms with Crippen LogP contribution >= 0.6 is 11.6 Å². The van der Waals surface area contributed by atoms with Crippen LogP contribution in [0.1, 0.15) is 0 Å². The molecule has 1 heterocycles. The Balaban J connectivity index is 2.99. The van der Waals surface area contributed by atoms with Crippen molar-refractivity contribution in [2.24, 2.45) is 0 Å². The number of halogens is 1. The SMILES string of the molecule is CO[NH2+]c1c[nH]c(=O)cc1Cl. The number of hydrogen-bond donors (Lipinski definition) is 2. The molecule has 4 nitrogen and oxygen atoms in total. The number of quaternary nitrogens is 1. The molecule has 1 aromatic rings. The maximum absolute atomic E-state index is 10.7. The van der Waals surface area contributed by atoms with Gasteiger partial charge in [-0.3, -0.25) is 4.79 Å². The van der Waals surface area contributed by atoms with Gasteiger partial charge >= 0.3 is 0 Å². The van der Waals surface area contributed by atoms with Crippen molar-refractivity contribution in [2.75, 3.05) is 7.11 Å². The Kier molecular flexibility index (Phi) is 2.64. The summed E-state index contributed by atoms with van der Waals surface area (Å²) in [7, 11) is 1.52. The molecule has 0 saturated carbocycles. The van der Waals surface area contributed by atoms with Crippen LogP contribution in [0.25, 0.3) is 0 Å². The first-order chi connectivity index (χ1) is 5.24. The van der Waals surface area contributed by atoms with Crippen molar-refractivity contribution in [1.29, 1.82) is 0 Å². The molecule has 0 aliphatic heterocycles. The lowest BCUT2D eigenvalue weighted by molar-refractivity contribution is -0.830. The zero-order chi connectivity index (χ0) is 8.27. The van der Waals surface area contributed by atoms with Crippen LogP contribution in [0.3, 0.4) is 0 Å². The fourth-order valence-corrected chi connectivity index (χ4v) is 0.873. The van der Waals surface area contributed by atoms with Gasteiger partial charge in [-0.25, -0.2) is 4.84 Å². The Hall–Kier alpha value is -0.840. The fourth-order valence-electron chi connectivity index (χ4n) is 0.675. The molecule has 0 spiro atoms. The van der Waals surface area contributed by atoms with Crippen molar-refractivity contribution < 1.29 is 10.3 Å². The molecular formula is C6H8ClN2O2+. The van der Waals surface area contributed by atoms with Gasteiger partial charge < -0.3 is 4.98 Å². The van der Waals surface area contributed by atoms with Crippen molar-refractivity contribution in [3.8, 4) is 0 Å². The topological polar surface area (TPSA) is 58.7 Å². The molecule has 0 aromatic carbocycles. The van der Waals surface area contributed by atoms with E-state index in [0.29, 0.717) is 10.7 Å². The summed E-state index contributed by atoms with van der Waals surface area (Å²) in [6.45, 7) is 0. The Bertz CT molecular complexity index is 297. The fraction of sp³-hybridized carbons (Fsp3) is 0.167. The third-order valence-electron chi connectivity index (χ3n) is 1.15. The first kappa shape index (κ1) is 8.26. The number of rotatable bonds is 2. The molecule has 0 radical (unpaired) electrons. The molecule has 0 saturated heterocycles. The van der Waals surface area contributed by atoms with Crippen molar-refractivity contribution in [3.05, 3.63) is 27.6 Å². The first-order valence-corrected chi connectivity index (χ1v) is 3.36. The minimum absolute atomic E-state index is 0.219. The first-order valence-electron chi connectivity index (χ1n) is 2.98. The van der Waals surface area contributed by atoms with Crippen molar-refractivity contribution in [1.82, 2.24) is 4.98 Å². The van der Waals surface area contributed by atoms with Gasteiger partial charge in [0.05, 0.1) is 13.3 Å². The summed E-state index contributed by atoms with van der Waals surface area (Å²) in [5.74, 6) is 0. The van der Waals surface area contributed by atoms with Crippen LogP contribution in [0.15, 0.2) is 17.1 Å². The van der Waals surface area contributed by atoms with E-state index in [1.54, 1.807) is 0 Å². The average molecular weight is 176 g/mol. The minimum atomic E-state index is -0.219. The summed E-state index contributed by atoms with van der Waals surface area (Å²) in [4.78, 5) is 17.8. The summed E-state index contributed by atoms with van der Waals surface area (Å²) in [6, 6.07) is 1.30. The second-order valence-electron chi connectivity index (χ2n) is 1.95. The van der Waals surface area contributed by atoms with Crippen LogP contribution < -0.4 is 11.0 Å². The monoisotopic (exact) mass is 175 g/mol. The lowest BCUT2D eigenvalue weighted by Gasteiger charge is -1.96. The third-order valence-corrected chi connectivity index (χ3v) is 1.48. The van der Waals surface area contributed by atoms with Gasteiger partial charge in [-0.15, -0.1) is 0 Å². The molecule has 1 rings (SSSR count). The zero-order valence-electron chi connectivity index (χ0n) is 5.93. The lowest BCUT2D eigenvalue weighted by atomic mass is 10.4. The van der Waals surface area contributed by atoms with Crippen LogP contribution in [0.2, 0.25) is 5.02 Å². The third kappa shape index (κ3) is 2.04. The largest absolute Gasteiger partial charge is 0.323 e. The Morgan fingerprint density at radius 2 is 2.45 bits per heavy atom. The van der Waals surface area contributed by atoms with E-state index in [1.807, 2.05) is 0 Å². The van der Waals surface area contributed by atoms with Gasteiger partial charge in [-0.2, -0.15) is 5.48 Å². The van der Waals surface area contributed by atoms with Crippen LogP contribution in [0, 0.1) is 0 Å². The van der Waals surface area contributed by atoms with Crippen molar-refractivity contribution >= 4 is 17.3 Å². The van der Waals surface area contributed by atoms with E-state index in [4.69, 9.17) is 16.4 Å². The normalized spacial score (nSPS) is 10.0. The predicted molar refractivity (Wildman–Crippen MR) is 40.7 cm³/mol. The summed E-state index contributed by atoms with van der Waals surface area (Å²) in [5, 5.41) is 0.385. The molecule has 3 N–H and O–H groups in total. The average Bonchev–Trinajstić information content (AvgIpc) is 1.95. The molecule has 5 heteroatoms. The molecular weight excluding hydrogens is 168 g/mol. The quantitative estimate of drug-likeness (QED) is 0.611. The van der Waals surface area contributed by atoms with Gasteiger partial charge in [0, 0.05) is 6.07 Å². The van der Waals surface area contributed by atoms with Crippen LogP contribution in [0.5, 0.6) is 0 Å². The highest BCUT2D eigenvalue weighted by atomic mass is 35.5. The molecule has 1 aromatic heterocycles. The number of pyridine rings is 1. The molecule has 0 atom stereocenters. The van der Waals surface area contributed by atoms with Crippen LogP contribution in [0.4, 0.5) is 5.69 Å². The van der Waals surface area contributed by atoms with E-state index >= 15 is 0 Å².